The average Bonchev–Trinajstić information content (AvgIpc) is 2.38. The normalized spacial score (nSPS) is 10.8. The first kappa shape index (κ1) is 14.1. The van der Waals surface area contributed by atoms with Crippen molar-refractivity contribution in [1.82, 2.24) is 4.57 Å². The summed E-state index contributed by atoms with van der Waals surface area (Å²) in [6, 6.07) is 3.21. The lowest BCUT2D eigenvalue weighted by Gasteiger charge is -2.05. The van der Waals surface area contributed by atoms with Crippen molar-refractivity contribution in [1.29, 1.82) is 0 Å². The van der Waals surface area contributed by atoms with E-state index >= 15 is 0 Å². The summed E-state index contributed by atoms with van der Waals surface area (Å²) in [4.78, 5) is 11.3. The molecule has 1 aromatic rings. The third-order valence-electron chi connectivity index (χ3n) is 2.33. The number of ether oxygens (including phenoxy) is 1. The molecular formula is C14H15NO3. The van der Waals surface area contributed by atoms with Gasteiger partial charge in [0.05, 0.1) is 12.7 Å². The van der Waals surface area contributed by atoms with Gasteiger partial charge in [-0.1, -0.05) is 11.8 Å². The van der Waals surface area contributed by atoms with Crippen LogP contribution in [-0.4, -0.2) is 29.5 Å². The van der Waals surface area contributed by atoms with Crippen molar-refractivity contribution in [3.05, 3.63) is 34.2 Å². The summed E-state index contributed by atoms with van der Waals surface area (Å²) in [6.45, 7) is -0.0622. The number of hydrogen-bond acceptors (Lipinski definition) is 3. The summed E-state index contributed by atoms with van der Waals surface area (Å²) in [5, 5.41) is 8.85. The third-order valence-corrected chi connectivity index (χ3v) is 2.33. The van der Waals surface area contributed by atoms with Crippen molar-refractivity contribution in [2.45, 2.75) is 12.5 Å². The molecule has 1 rings (SSSR count). The topological polar surface area (TPSA) is 51.5 Å². The molecule has 0 aliphatic carbocycles. The molecule has 18 heavy (non-hydrogen) atoms. The van der Waals surface area contributed by atoms with Crippen LogP contribution >= 0.6 is 0 Å². The second-order valence-electron chi connectivity index (χ2n) is 3.66. The van der Waals surface area contributed by atoms with Crippen LogP contribution in [0.1, 0.15) is 12.0 Å². The van der Waals surface area contributed by atoms with Crippen LogP contribution in [0.15, 0.2) is 23.1 Å². The second-order valence-corrected chi connectivity index (χ2v) is 3.66. The number of aliphatic hydroxyl groups is 1. The first-order valence-electron chi connectivity index (χ1n) is 5.46. The molecule has 0 aliphatic rings. The lowest BCUT2D eigenvalue weighted by molar-refractivity contribution is 0.0528. The van der Waals surface area contributed by atoms with Crippen LogP contribution in [-0.2, 0) is 11.8 Å². The van der Waals surface area contributed by atoms with Gasteiger partial charge in [-0.05, 0) is 17.9 Å². The highest BCUT2D eigenvalue weighted by molar-refractivity contribution is 5.38. The van der Waals surface area contributed by atoms with Crippen molar-refractivity contribution in [2.24, 2.45) is 7.05 Å². The standard InChI is InChI=1S/C14H15NO3/c1-15-9-8-12(10-14(15)17)6-4-3-5-7-13(11-16)18-2/h8-10,13,16H,7,11H2,1-2H3. The number of pyridine rings is 1. The first-order chi connectivity index (χ1) is 8.67. The number of aryl methyl sites for hydroxylation is 1. The van der Waals surface area contributed by atoms with Gasteiger partial charge in [-0.25, -0.2) is 0 Å². The van der Waals surface area contributed by atoms with Crippen molar-refractivity contribution < 1.29 is 9.84 Å². The summed E-state index contributed by atoms with van der Waals surface area (Å²) >= 11 is 0. The van der Waals surface area contributed by atoms with E-state index in [9.17, 15) is 4.79 Å². The molecular weight excluding hydrogens is 230 g/mol. The fourth-order valence-electron chi connectivity index (χ4n) is 1.16. The molecule has 1 N–H and O–H groups in total. The van der Waals surface area contributed by atoms with Gasteiger partial charge >= 0.3 is 0 Å². The van der Waals surface area contributed by atoms with E-state index in [2.05, 4.69) is 23.7 Å². The zero-order chi connectivity index (χ0) is 13.4. The second kappa shape index (κ2) is 7.34. The van der Waals surface area contributed by atoms with E-state index in [0.717, 1.165) is 0 Å². The highest BCUT2D eigenvalue weighted by Gasteiger charge is 2.00. The maximum atomic E-state index is 11.3. The molecule has 1 atom stereocenters. The Morgan fingerprint density at radius 1 is 1.50 bits per heavy atom. The smallest absolute Gasteiger partial charge is 0.251 e. The van der Waals surface area contributed by atoms with Crippen molar-refractivity contribution in [3.8, 4) is 23.7 Å². The summed E-state index contributed by atoms with van der Waals surface area (Å²) in [5.41, 5.74) is 0.535. The maximum Gasteiger partial charge on any atom is 0.251 e. The van der Waals surface area contributed by atoms with Crippen LogP contribution in [0.2, 0.25) is 0 Å². The summed E-state index contributed by atoms with van der Waals surface area (Å²) in [6.07, 6.45) is 1.81. The molecule has 1 aromatic heterocycles. The van der Waals surface area contributed by atoms with Crippen LogP contribution < -0.4 is 5.56 Å². The predicted octanol–water partition coefficient (Wildman–Crippen LogP) is 0.138. The Balaban J connectivity index is 2.64. The number of aromatic nitrogens is 1. The van der Waals surface area contributed by atoms with Gasteiger partial charge in [-0.2, -0.15) is 0 Å². The number of methoxy groups -OCH3 is 1. The molecule has 0 bridgehead atoms. The third kappa shape index (κ3) is 4.47. The largest absolute Gasteiger partial charge is 0.394 e. The SMILES string of the molecule is COC(CO)CC#CC#Cc1ccn(C)c(=O)c1. The molecule has 0 fully saturated rings. The predicted molar refractivity (Wildman–Crippen MR) is 68.8 cm³/mol. The minimum Gasteiger partial charge on any atom is -0.394 e. The van der Waals surface area contributed by atoms with E-state index in [1.54, 1.807) is 19.3 Å². The number of nitrogens with zero attached hydrogens (tertiary/aromatic N) is 1. The van der Waals surface area contributed by atoms with Gasteiger partial charge in [0.2, 0.25) is 0 Å². The monoisotopic (exact) mass is 245 g/mol. The number of rotatable bonds is 3. The van der Waals surface area contributed by atoms with Crippen LogP contribution in [0.5, 0.6) is 0 Å². The fourth-order valence-corrected chi connectivity index (χ4v) is 1.16. The zero-order valence-corrected chi connectivity index (χ0v) is 10.4. The highest BCUT2D eigenvalue weighted by atomic mass is 16.5. The van der Waals surface area contributed by atoms with Gasteiger partial charge in [0, 0.05) is 38.4 Å². The molecule has 4 heteroatoms. The Bertz CT molecular complexity index is 562. The molecule has 0 aliphatic heterocycles. The fraction of sp³-hybridized carbons (Fsp3) is 0.357. The van der Waals surface area contributed by atoms with Gasteiger partial charge in [0.1, 0.15) is 0 Å². The van der Waals surface area contributed by atoms with E-state index in [4.69, 9.17) is 9.84 Å². The zero-order valence-electron chi connectivity index (χ0n) is 10.4. The number of hydrogen-bond donors (Lipinski definition) is 1. The molecule has 0 aromatic carbocycles. The molecule has 0 amide bonds. The van der Waals surface area contributed by atoms with Crippen molar-refractivity contribution in [2.75, 3.05) is 13.7 Å². The van der Waals surface area contributed by atoms with Crippen LogP contribution in [0.3, 0.4) is 0 Å². The van der Waals surface area contributed by atoms with Gasteiger partial charge in [0.25, 0.3) is 5.56 Å². The van der Waals surface area contributed by atoms with Crippen LogP contribution in [0.4, 0.5) is 0 Å². The molecule has 0 saturated heterocycles. The summed E-state index contributed by atoms with van der Waals surface area (Å²) in [7, 11) is 3.20. The molecule has 94 valence electrons. The Hall–Kier alpha value is -2.01. The van der Waals surface area contributed by atoms with Gasteiger partial charge in [-0.15, -0.1) is 0 Å². The Labute approximate surface area is 106 Å². The first-order valence-corrected chi connectivity index (χ1v) is 5.46. The van der Waals surface area contributed by atoms with Crippen molar-refractivity contribution >= 4 is 0 Å². The molecule has 1 heterocycles. The Morgan fingerprint density at radius 2 is 2.28 bits per heavy atom. The summed E-state index contributed by atoms with van der Waals surface area (Å²) in [5.74, 6) is 10.9. The average molecular weight is 245 g/mol. The summed E-state index contributed by atoms with van der Waals surface area (Å²) < 4.78 is 6.42. The van der Waals surface area contributed by atoms with E-state index in [-0.39, 0.29) is 18.3 Å². The van der Waals surface area contributed by atoms with Crippen molar-refractivity contribution in [3.63, 3.8) is 0 Å². The van der Waals surface area contributed by atoms with E-state index in [1.165, 1.54) is 17.7 Å². The van der Waals surface area contributed by atoms with E-state index in [1.807, 2.05) is 0 Å². The highest BCUT2D eigenvalue weighted by Crippen LogP contribution is 1.93. The van der Waals surface area contributed by atoms with Gasteiger partial charge in [0.15, 0.2) is 0 Å². The maximum absolute atomic E-state index is 11.3. The lowest BCUT2D eigenvalue weighted by atomic mass is 10.2. The molecule has 4 nitrogen and oxygen atoms in total. The Kier molecular flexibility index (Phi) is 5.73. The quantitative estimate of drug-likeness (QED) is 0.771. The minimum atomic E-state index is -0.275. The van der Waals surface area contributed by atoms with Gasteiger partial charge < -0.3 is 14.4 Å². The molecule has 0 saturated carbocycles. The number of aliphatic hydroxyl groups excluding tert-OH is 1. The van der Waals surface area contributed by atoms with Crippen LogP contribution in [0, 0.1) is 23.7 Å². The molecule has 0 spiro atoms. The minimum absolute atomic E-state index is 0.0622. The van der Waals surface area contributed by atoms with E-state index < -0.39 is 0 Å². The Morgan fingerprint density at radius 3 is 2.89 bits per heavy atom. The van der Waals surface area contributed by atoms with Crippen LogP contribution in [0.25, 0.3) is 0 Å². The molecule has 1 unspecified atom stereocenters. The molecule has 0 radical (unpaired) electrons. The lowest BCUT2D eigenvalue weighted by Crippen LogP contribution is -2.14. The van der Waals surface area contributed by atoms with E-state index in [0.29, 0.717) is 12.0 Å². The van der Waals surface area contributed by atoms with Gasteiger partial charge in [-0.3, -0.25) is 4.79 Å².